The Bertz CT molecular complexity index is 794. The standard InChI is InChI=1S/C15H15BrFN3S/c1-9-8-20-14(10(2)19-15(20)21-9)7-18-6-11-5-12(17)3-4-13(11)16/h3-5,8,18H,6-7H2,1-2H3. The number of aromatic nitrogens is 2. The molecular formula is C15H15BrFN3S. The molecule has 0 amide bonds. The number of nitrogens with one attached hydrogen (secondary N) is 1. The van der Waals surface area contributed by atoms with Crippen molar-refractivity contribution in [3.63, 3.8) is 0 Å². The van der Waals surface area contributed by atoms with Gasteiger partial charge in [0.05, 0.1) is 11.4 Å². The molecule has 3 nitrogen and oxygen atoms in total. The van der Waals surface area contributed by atoms with E-state index >= 15 is 0 Å². The first-order valence-electron chi connectivity index (χ1n) is 6.63. The predicted molar refractivity (Wildman–Crippen MR) is 87.2 cm³/mol. The van der Waals surface area contributed by atoms with E-state index in [4.69, 9.17) is 0 Å². The summed E-state index contributed by atoms with van der Waals surface area (Å²) in [5, 5.41) is 3.36. The third kappa shape index (κ3) is 3.02. The van der Waals surface area contributed by atoms with Crippen molar-refractivity contribution in [2.24, 2.45) is 0 Å². The zero-order chi connectivity index (χ0) is 15.0. The van der Waals surface area contributed by atoms with Gasteiger partial charge in [-0.15, -0.1) is 11.3 Å². The zero-order valence-electron chi connectivity index (χ0n) is 11.8. The van der Waals surface area contributed by atoms with Gasteiger partial charge in [-0.2, -0.15) is 0 Å². The molecule has 0 aliphatic heterocycles. The topological polar surface area (TPSA) is 29.3 Å². The molecule has 2 heterocycles. The molecule has 0 atom stereocenters. The summed E-state index contributed by atoms with van der Waals surface area (Å²) in [6.07, 6.45) is 2.11. The number of rotatable bonds is 4. The molecule has 6 heteroatoms. The Labute approximate surface area is 135 Å². The van der Waals surface area contributed by atoms with Crippen molar-refractivity contribution < 1.29 is 4.39 Å². The summed E-state index contributed by atoms with van der Waals surface area (Å²) in [7, 11) is 0. The molecular weight excluding hydrogens is 353 g/mol. The second-order valence-corrected chi connectivity index (χ2v) is 7.05. The number of hydrogen-bond donors (Lipinski definition) is 1. The van der Waals surface area contributed by atoms with E-state index < -0.39 is 0 Å². The first-order valence-corrected chi connectivity index (χ1v) is 8.24. The number of hydrogen-bond acceptors (Lipinski definition) is 3. The Hall–Kier alpha value is -1.24. The lowest BCUT2D eigenvalue weighted by Gasteiger charge is -2.07. The molecule has 110 valence electrons. The molecule has 3 aromatic rings. The van der Waals surface area contributed by atoms with E-state index in [1.807, 2.05) is 6.92 Å². The maximum Gasteiger partial charge on any atom is 0.194 e. The molecule has 0 saturated heterocycles. The first-order chi connectivity index (χ1) is 10.0. The minimum atomic E-state index is -0.216. The minimum absolute atomic E-state index is 0.216. The monoisotopic (exact) mass is 367 g/mol. The third-order valence-electron chi connectivity index (χ3n) is 3.36. The maximum atomic E-state index is 13.3. The van der Waals surface area contributed by atoms with Gasteiger partial charge in [-0.05, 0) is 37.6 Å². The van der Waals surface area contributed by atoms with Crippen LogP contribution in [0.5, 0.6) is 0 Å². The van der Waals surface area contributed by atoms with Crippen molar-refractivity contribution in [3.05, 3.63) is 56.5 Å². The van der Waals surface area contributed by atoms with E-state index in [1.165, 1.54) is 10.9 Å². The molecule has 0 bridgehead atoms. The van der Waals surface area contributed by atoms with Gasteiger partial charge in [0.25, 0.3) is 0 Å². The molecule has 0 unspecified atom stereocenters. The Morgan fingerprint density at radius 2 is 2.14 bits per heavy atom. The molecule has 0 fully saturated rings. The average Bonchev–Trinajstić information content (AvgIpc) is 2.90. The predicted octanol–water partition coefficient (Wildman–Crippen LogP) is 4.20. The number of halogens is 2. The van der Waals surface area contributed by atoms with Crippen molar-refractivity contribution in [2.75, 3.05) is 0 Å². The minimum Gasteiger partial charge on any atom is -0.307 e. The van der Waals surface area contributed by atoms with E-state index in [-0.39, 0.29) is 5.82 Å². The molecule has 21 heavy (non-hydrogen) atoms. The second-order valence-electron chi connectivity index (χ2n) is 4.98. The highest BCUT2D eigenvalue weighted by molar-refractivity contribution is 9.10. The van der Waals surface area contributed by atoms with Crippen LogP contribution >= 0.6 is 27.3 Å². The lowest BCUT2D eigenvalue weighted by atomic mass is 10.2. The summed E-state index contributed by atoms with van der Waals surface area (Å²) in [6, 6.07) is 4.73. The van der Waals surface area contributed by atoms with E-state index in [1.54, 1.807) is 23.5 Å². The van der Waals surface area contributed by atoms with E-state index in [9.17, 15) is 4.39 Å². The summed E-state index contributed by atoms with van der Waals surface area (Å²) in [5.41, 5.74) is 3.10. The van der Waals surface area contributed by atoms with Gasteiger partial charge in [0, 0.05) is 28.6 Å². The van der Waals surface area contributed by atoms with Crippen LogP contribution < -0.4 is 5.32 Å². The van der Waals surface area contributed by atoms with Crippen molar-refractivity contribution in [3.8, 4) is 0 Å². The molecule has 1 N–H and O–H groups in total. The molecule has 1 aromatic carbocycles. The molecule has 0 aliphatic rings. The number of nitrogens with zero attached hydrogens (tertiary/aromatic N) is 2. The highest BCUT2D eigenvalue weighted by Gasteiger charge is 2.11. The number of fused-ring (bicyclic) bond motifs is 1. The quantitative estimate of drug-likeness (QED) is 0.748. The Kier molecular flexibility index (Phi) is 4.10. The van der Waals surface area contributed by atoms with E-state index in [0.717, 1.165) is 26.4 Å². The maximum absolute atomic E-state index is 13.3. The fourth-order valence-electron chi connectivity index (χ4n) is 2.32. The van der Waals surface area contributed by atoms with Crippen LogP contribution in [0.3, 0.4) is 0 Å². The molecule has 0 spiro atoms. The van der Waals surface area contributed by atoms with Crippen molar-refractivity contribution in [2.45, 2.75) is 26.9 Å². The van der Waals surface area contributed by atoms with Gasteiger partial charge in [0.2, 0.25) is 0 Å². The van der Waals surface area contributed by atoms with E-state index in [0.29, 0.717) is 13.1 Å². The highest BCUT2D eigenvalue weighted by atomic mass is 79.9. The fraction of sp³-hybridized carbons (Fsp3) is 0.267. The molecule has 0 aliphatic carbocycles. The lowest BCUT2D eigenvalue weighted by molar-refractivity contribution is 0.617. The van der Waals surface area contributed by atoms with Crippen molar-refractivity contribution in [1.29, 1.82) is 0 Å². The number of thiazole rings is 1. The smallest absolute Gasteiger partial charge is 0.194 e. The number of imidazole rings is 1. The SMILES string of the molecule is Cc1cn2c(CNCc3cc(F)ccc3Br)c(C)nc2s1. The Balaban J connectivity index is 1.74. The van der Waals surface area contributed by atoms with Crippen LogP contribution in [0.4, 0.5) is 4.39 Å². The second kappa shape index (κ2) is 5.87. The van der Waals surface area contributed by atoms with Crippen LogP contribution in [-0.2, 0) is 13.1 Å². The summed E-state index contributed by atoms with van der Waals surface area (Å²) in [4.78, 5) is 6.83. The molecule has 3 rings (SSSR count). The van der Waals surface area contributed by atoms with Crippen LogP contribution in [0.25, 0.3) is 4.96 Å². The Morgan fingerprint density at radius 1 is 1.33 bits per heavy atom. The highest BCUT2D eigenvalue weighted by Crippen LogP contribution is 2.21. The average molecular weight is 368 g/mol. The largest absolute Gasteiger partial charge is 0.307 e. The summed E-state index contributed by atoms with van der Waals surface area (Å²) < 4.78 is 16.3. The molecule has 0 radical (unpaired) electrons. The lowest BCUT2D eigenvalue weighted by Crippen LogP contribution is -2.15. The fourth-order valence-corrected chi connectivity index (χ4v) is 3.59. The van der Waals surface area contributed by atoms with Crippen molar-refractivity contribution >= 4 is 32.2 Å². The third-order valence-corrected chi connectivity index (χ3v) is 5.03. The summed E-state index contributed by atoms with van der Waals surface area (Å²) in [6.45, 7) is 5.40. The summed E-state index contributed by atoms with van der Waals surface area (Å²) >= 11 is 5.13. The van der Waals surface area contributed by atoms with Crippen LogP contribution in [0.1, 0.15) is 21.8 Å². The number of benzene rings is 1. The van der Waals surface area contributed by atoms with Gasteiger partial charge in [0.15, 0.2) is 4.96 Å². The van der Waals surface area contributed by atoms with Gasteiger partial charge in [-0.1, -0.05) is 15.9 Å². The van der Waals surface area contributed by atoms with Gasteiger partial charge in [-0.3, -0.25) is 4.40 Å². The van der Waals surface area contributed by atoms with Gasteiger partial charge in [-0.25, -0.2) is 9.37 Å². The van der Waals surface area contributed by atoms with Crippen LogP contribution in [0, 0.1) is 19.7 Å². The first kappa shape index (κ1) is 14.7. The van der Waals surface area contributed by atoms with Crippen LogP contribution in [-0.4, -0.2) is 9.38 Å². The van der Waals surface area contributed by atoms with Crippen molar-refractivity contribution in [1.82, 2.24) is 14.7 Å². The Morgan fingerprint density at radius 3 is 2.95 bits per heavy atom. The zero-order valence-corrected chi connectivity index (χ0v) is 14.2. The van der Waals surface area contributed by atoms with Gasteiger partial charge in [0.1, 0.15) is 5.82 Å². The number of aryl methyl sites for hydroxylation is 2. The molecule has 0 saturated carbocycles. The summed E-state index contributed by atoms with van der Waals surface area (Å²) in [5.74, 6) is -0.216. The normalized spacial score (nSPS) is 11.4. The van der Waals surface area contributed by atoms with Crippen LogP contribution in [0.2, 0.25) is 0 Å². The van der Waals surface area contributed by atoms with Gasteiger partial charge >= 0.3 is 0 Å². The van der Waals surface area contributed by atoms with Crippen LogP contribution in [0.15, 0.2) is 28.9 Å². The van der Waals surface area contributed by atoms with E-state index in [2.05, 4.69) is 43.8 Å². The molecule has 2 aromatic heterocycles. The van der Waals surface area contributed by atoms with Gasteiger partial charge < -0.3 is 5.32 Å².